The highest BCUT2D eigenvalue weighted by atomic mass is 32.2. The number of nitrogens with one attached hydrogen (secondary N) is 1. The van der Waals surface area contributed by atoms with Crippen LogP contribution in [-0.2, 0) is 17.1 Å². The summed E-state index contributed by atoms with van der Waals surface area (Å²) in [6.45, 7) is 1.76. The van der Waals surface area contributed by atoms with Crippen molar-refractivity contribution in [3.63, 3.8) is 0 Å². The Morgan fingerprint density at radius 3 is 2.59 bits per heavy atom. The molecule has 10 nitrogen and oxygen atoms in total. The van der Waals surface area contributed by atoms with Crippen LogP contribution in [0.15, 0.2) is 66.3 Å². The molecule has 0 radical (unpaired) electrons. The van der Waals surface area contributed by atoms with Gasteiger partial charge in [-0.1, -0.05) is 0 Å². The minimum Gasteiger partial charge on any atom is -0.439 e. The van der Waals surface area contributed by atoms with Crippen molar-refractivity contribution in [1.29, 1.82) is 0 Å². The zero-order valence-electron chi connectivity index (χ0n) is 15.6. The molecular formula is C18H17N7O3S. The van der Waals surface area contributed by atoms with Crippen LogP contribution in [0.5, 0.6) is 11.6 Å². The number of ether oxygens (including phenoxy) is 1. The molecule has 148 valence electrons. The van der Waals surface area contributed by atoms with Crippen LogP contribution in [0.1, 0.15) is 5.82 Å². The molecular weight excluding hydrogens is 394 g/mol. The molecule has 0 fully saturated rings. The van der Waals surface area contributed by atoms with Crippen molar-refractivity contribution in [3.8, 4) is 17.4 Å². The van der Waals surface area contributed by atoms with Gasteiger partial charge in [0.05, 0.1) is 6.33 Å². The Labute approximate surface area is 166 Å². The first-order valence-corrected chi connectivity index (χ1v) is 10.0. The van der Waals surface area contributed by atoms with Crippen LogP contribution in [0.2, 0.25) is 0 Å². The fourth-order valence-corrected chi connectivity index (χ4v) is 3.59. The van der Waals surface area contributed by atoms with Gasteiger partial charge in [0.1, 0.15) is 11.6 Å². The van der Waals surface area contributed by atoms with Crippen LogP contribution in [0.25, 0.3) is 5.82 Å². The number of hydrogen-bond donors (Lipinski definition) is 1. The lowest BCUT2D eigenvalue weighted by Crippen LogP contribution is -2.13. The van der Waals surface area contributed by atoms with E-state index < -0.39 is 10.0 Å². The van der Waals surface area contributed by atoms with E-state index in [0.717, 1.165) is 0 Å². The molecule has 0 saturated heterocycles. The summed E-state index contributed by atoms with van der Waals surface area (Å²) in [5.74, 6) is 1.96. The first kappa shape index (κ1) is 18.6. The number of anilines is 1. The quantitative estimate of drug-likeness (QED) is 0.517. The van der Waals surface area contributed by atoms with Crippen molar-refractivity contribution >= 4 is 15.7 Å². The normalized spacial score (nSPS) is 11.4. The Morgan fingerprint density at radius 2 is 1.93 bits per heavy atom. The standard InChI is InChI=1S/C18H17N7O3S/c1-13-21-16(25-9-3-8-20-25)10-17(22-13)28-15-6-4-14(5-7-15)23-29(26,27)18-11-24(2)12-19-18/h3-12,23H,1-2H3. The number of hydrogen-bond acceptors (Lipinski definition) is 7. The summed E-state index contributed by atoms with van der Waals surface area (Å²) in [6.07, 6.45) is 6.28. The summed E-state index contributed by atoms with van der Waals surface area (Å²) in [6, 6.07) is 9.93. The molecule has 0 bridgehead atoms. The van der Waals surface area contributed by atoms with Crippen LogP contribution >= 0.6 is 0 Å². The van der Waals surface area contributed by atoms with Gasteiger partial charge in [0.15, 0.2) is 10.8 Å². The monoisotopic (exact) mass is 411 g/mol. The van der Waals surface area contributed by atoms with Crippen molar-refractivity contribution in [2.24, 2.45) is 7.05 Å². The van der Waals surface area contributed by atoms with Gasteiger partial charge in [0, 0.05) is 37.4 Å². The van der Waals surface area contributed by atoms with Gasteiger partial charge < -0.3 is 9.30 Å². The van der Waals surface area contributed by atoms with Crippen molar-refractivity contribution in [1.82, 2.24) is 29.3 Å². The van der Waals surface area contributed by atoms with Crippen LogP contribution in [0, 0.1) is 6.92 Å². The molecule has 0 atom stereocenters. The third-order valence-corrected chi connectivity index (χ3v) is 5.09. The Kier molecular flexibility index (Phi) is 4.72. The predicted molar refractivity (Wildman–Crippen MR) is 104 cm³/mol. The SMILES string of the molecule is Cc1nc(Oc2ccc(NS(=O)(=O)c3cn(C)cn3)cc2)cc(-n2cccn2)n1. The van der Waals surface area contributed by atoms with Crippen LogP contribution in [0.4, 0.5) is 5.69 Å². The fraction of sp³-hybridized carbons (Fsp3) is 0.111. The van der Waals surface area contributed by atoms with Gasteiger partial charge in [-0.05, 0) is 37.3 Å². The summed E-state index contributed by atoms with van der Waals surface area (Å²) < 4.78 is 36.1. The van der Waals surface area contributed by atoms with Crippen molar-refractivity contribution in [2.45, 2.75) is 11.9 Å². The molecule has 4 rings (SSSR count). The van der Waals surface area contributed by atoms with E-state index in [4.69, 9.17) is 4.74 Å². The Bertz CT molecular complexity index is 1230. The largest absolute Gasteiger partial charge is 0.439 e. The molecule has 0 aliphatic carbocycles. The summed E-state index contributed by atoms with van der Waals surface area (Å²) >= 11 is 0. The number of imidazole rings is 1. The predicted octanol–water partition coefficient (Wildman–Crippen LogP) is 2.30. The third-order valence-electron chi connectivity index (χ3n) is 3.83. The highest BCUT2D eigenvalue weighted by molar-refractivity contribution is 7.92. The maximum Gasteiger partial charge on any atom is 0.280 e. The van der Waals surface area contributed by atoms with Gasteiger partial charge in [-0.15, -0.1) is 0 Å². The average molecular weight is 411 g/mol. The summed E-state index contributed by atoms with van der Waals surface area (Å²) in [5.41, 5.74) is 0.388. The lowest BCUT2D eigenvalue weighted by Gasteiger charge is -2.09. The van der Waals surface area contributed by atoms with Gasteiger partial charge in [0.25, 0.3) is 10.0 Å². The van der Waals surface area contributed by atoms with Gasteiger partial charge in [-0.2, -0.15) is 18.5 Å². The van der Waals surface area contributed by atoms with E-state index in [2.05, 4.69) is 24.8 Å². The van der Waals surface area contributed by atoms with E-state index >= 15 is 0 Å². The number of rotatable bonds is 6. The highest BCUT2D eigenvalue weighted by Crippen LogP contribution is 2.24. The van der Waals surface area contributed by atoms with Crippen LogP contribution in [-0.4, -0.2) is 37.7 Å². The maximum absolute atomic E-state index is 12.3. The second kappa shape index (κ2) is 7.36. The smallest absolute Gasteiger partial charge is 0.280 e. The van der Waals surface area contributed by atoms with Crippen molar-refractivity contribution in [3.05, 3.63) is 67.1 Å². The summed E-state index contributed by atoms with van der Waals surface area (Å²) in [5, 5.41) is 4.09. The van der Waals surface area contributed by atoms with Gasteiger partial charge in [0.2, 0.25) is 5.88 Å². The topological polar surface area (TPSA) is 117 Å². The zero-order chi connectivity index (χ0) is 20.4. The number of sulfonamides is 1. The zero-order valence-corrected chi connectivity index (χ0v) is 16.4. The van der Waals surface area contributed by atoms with Crippen molar-refractivity contribution < 1.29 is 13.2 Å². The number of benzene rings is 1. The van der Waals surface area contributed by atoms with Gasteiger partial charge in [-0.3, -0.25) is 4.72 Å². The molecule has 0 saturated carbocycles. The molecule has 0 spiro atoms. The maximum atomic E-state index is 12.3. The average Bonchev–Trinajstić information content (AvgIpc) is 3.35. The molecule has 0 aliphatic rings. The van der Waals surface area contributed by atoms with Gasteiger partial charge in [-0.25, -0.2) is 14.6 Å². The molecule has 3 aromatic heterocycles. The molecule has 0 amide bonds. The summed E-state index contributed by atoms with van der Waals surface area (Å²) in [4.78, 5) is 12.5. The number of aryl methyl sites for hydroxylation is 2. The van der Waals surface area contributed by atoms with Crippen LogP contribution < -0.4 is 9.46 Å². The van der Waals surface area contributed by atoms with Gasteiger partial charge >= 0.3 is 0 Å². The Balaban J connectivity index is 1.50. The second-order valence-corrected chi connectivity index (χ2v) is 7.80. The first-order chi connectivity index (χ1) is 13.9. The third kappa shape index (κ3) is 4.24. The molecule has 0 aliphatic heterocycles. The minimum atomic E-state index is -3.75. The lowest BCUT2D eigenvalue weighted by molar-refractivity contribution is 0.459. The number of aromatic nitrogens is 6. The van der Waals surface area contributed by atoms with E-state index in [0.29, 0.717) is 29.0 Å². The minimum absolute atomic E-state index is 0.0528. The molecule has 1 aromatic carbocycles. The van der Waals surface area contributed by atoms with Crippen molar-refractivity contribution in [2.75, 3.05) is 4.72 Å². The molecule has 29 heavy (non-hydrogen) atoms. The number of nitrogens with zero attached hydrogens (tertiary/aromatic N) is 6. The molecule has 4 aromatic rings. The first-order valence-electron chi connectivity index (χ1n) is 8.53. The highest BCUT2D eigenvalue weighted by Gasteiger charge is 2.17. The Morgan fingerprint density at radius 1 is 1.14 bits per heavy atom. The molecule has 0 unspecified atom stereocenters. The fourth-order valence-electron chi connectivity index (χ4n) is 2.55. The van der Waals surface area contributed by atoms with E-state index in [1.165, 1.54) is 12.5 Å². The Hall–Kier alpha value is -3.73. The molecule has 1 N–H and O–H groups in total. The van der Waals surface area contributed by atoms with Crippen LogP contribution in [0.3, 0.4) is 0 Å². The lowest BCUT2D eigenvalue weighted by atomic mass is 10.3. The molecule has 3 heterocycles. The van der Waals surface area contributed by atoms with E-state index in [1.54, 1.807) is 72.0 Å². The van der Waals surface area contributed by atoms with E-state index in [-0.39, 0.29) is 5.03 Å². The summed E-state index contributed by atoms with van der Waals surface area (Å²) in [7, 11) is -2.05. The molecule has 11 heteroatoms. The van der Waals surface area contributed by atoms with E-state index in [9.17, 15) is 8.42 Å². The van der Waals surface area contributed by atoms with E-state index in [1.807, 2.05) is 0 Å². The second-order valence-electron chi connectivity index (χ2n) is 6.17.